The summed E-state index contributed by atoms with van der Waals surface area (Å²) in [5, 5.41) is 4.22. The average molecular weight is 328 g/mol. The van der Waals surface area contributed by atoms with Gasteiger partial charge in [0.15, 0.2) is 11.6 Å². The number of rotatable bonds is 5. The fourth-order valence-electron chi connectivity index (χ4n) is 2.21. The van der Waals surface area contributed by atoms with Crippen LogP contribution in [0.2, 0.25) is 10.0 Å². The van der Waals surface area contributed by atoms with Crippen LogP contribution in [0.4, 0.5) is 4.39 Å². The van der Waals surface area contributed by atoms with Gasteiger partial charge in [-0.1, -0.05) is 41.4 Å². The van der Waals surface area contributed by atoms with Crippen LogP contribution in [-0.4, -0.2) is 14.2 Å². The van der Waals surface area contributed by atoms with Crippen molar-refractivity contribution in [3.05, 3.63) is 63.4 Å². The van der Waals surface area contributed by atoms with Crippen LogP contribution < -0.4 is 10.1 Å². The van der Waals surface area contributed by atoms with Crippen molar-refractivity contribution < 1.29 is 9.13 Å². The van der Waals surface area contributed by atoms with E-state index >= 15 is 0 Å². The van der Waals surface area contributed by atoms with Crippen LogP contribution in [0.5, 0.6) is 5.75 Å². The van der Waals surface area contributed by atoms with E-state index in [2.05, 4.69) is 5.32 Å². The van der Waals surface area contributed by atoms with Crippen molar-refractivity contribution in [2.45, 2.75) is 12.5 Å². The number of hydrogen-bond donors (Lipinski definition) is 1. The van der Waals surface area contributed by atoms with Crippen molar-refractivity contribution in [1.82, 2.24) is 5.32 Å². The van der Waals surface area contributed by atoms with Crippen LogP contribution in [0.3, 0.4) is 0 Å². The van der Waals surface area contributed by atoms with E-state index in [-0.39, 0.29) is 17.6 Å². The first-order chi connectivity index (χ1) is 10.1. The molecule has 0 aliphatic rings. The van der Waals surface area contributed by atoms with Gasteiger partial charge < -0.3 is 10.1 Å². The zero-order valence-corrected chi connectivity index (χ0v) is 13.3. The minimum absolute atomic E-state index is 0.0682. The summed E-state index contributed by atoms with van der Waals surface area (Å²) in [5.41, 5.74) is 1.74. The number of methoxy groups -OCH3 is 1. The van der Waals surface area contributed by atoms with E-state index in [1.807, 2.05) is 25.2 Å². The average Bonchev–Trinajstić information content (AvgIpc) is 2.48. The first-order valence-electron chi connectivity index (χ1n) is 6.50. The van der Waals surface area contributed by atoms with Gasteiger partial charge >= 0.3 is 0 Å². The third-order valence-corrected chi connectivity index (χ3v) is 4.24. The predicted molar refractivity (Wildman–Crippen MR) is 84.9 cm³/mol. The van der Waals surface area contributed by atoms with Crippen LogP contribution in [0, 0.1) is 5.82 Å². The van der Waals surface area contributed by atoms with Crippen LogP contribution in [0.15, 0.2) is 36.4 Å². The Bertz CT molecular complexity index is 634. The lowest BCUT2D eigenvalue weighted by Crippen LogP contribution is -2.19. The minimum atomic E-state index is -0.382. The molecule has 0 fully saturated rings. The summed E-state index contributed by atoms with van der Waals surface area (Å²) in [5.74, 6) is -0.151. The van der Waals surface area contributed by atoms with Crippen LogP contribution >= 0.6 is 23.2 Å². The van der Waals surface area contributed by atoms with Gasteiger partial charge in [-0.05, 0) is 42.8 Å². The highest BCUT2D eigenvalue weighted by Crippen LogP contribution is 2.30. The molecule has 0 saturated heterocycles. The zero-order valence-electron chi connectivity index (χ0n) is 11.8. The third kappa shape index (κ3) is 3.67. The van der Waals surface area contributed by atoms with Crippen molar-refractivity contribution in [2.75, 3.05) is 14.2 Å². The van der Waals surface area contributed by atoms with E-state index in [0.29, 0.717) is 16.5 Å². The highest BCUT2D eigenvalue weighted by atomic mass is 35.5. The number of nitrogens with one attached hydrogen (secondary N) is 1. The first kappa shape index (κ1) is 16.1. The van der Waals surface area contributed by atoms with Gasteiger partial charge in [0.05, 0.1) is 17.2 Å². The summed E-state index contributed by atoms with van der Waals surface area (Å²) in [4.78, 5) is 0. The van der Waals surface area contributed by atoms with Crippen molar-refractivity contribution >= 4 is 23.2 Å². The Morgan fingerprint density at radius 3 is 2.62 bits per heavy atom. The van der Waals surface area contributed by atoms with Crippen molar-refractivity contribution in [3.63, 3.8) is 0 Å². The molecule has 0 heterocycles. The maximum absolute atomic E-state index is 13.8. The molecule has 0 saturated carbocycles. The van der Waals surface area contributed by atoms with Crippen LogP contribution in [0.1, 0.15) is 17.2 Å². The largest absolute Gasteiger partial charge is 0.494 e. The van der Waals surface area contributed by atoms with E-state index in [1.165, 1.54) is 13.2 Å². The van der Waals surface area contributed by atoms with Crippen molar-refractivity contribution in [2.24, 2.45) is 0 Å². The van der Waals surface area contributed by atoms with Crippen LogP contribution in [0.25, 0.3) is 0 Å². The second-order valence-corrected chi connectivity index (χ2v) is 5.44. The van der Waals surface area contributed by atoms with E-state index in [4.69, 9.17) is 27.9 Å². The summed E-state index contributed by atoms with van der Waals surface area (Å²) < 4.78 is 18.8. The molecule has 2 aromatic carbocycles. The van der Waals surface area contributed by atoms with Gasteiger partial charge in [-0.3, -0.25) is 0 Å². The van der Waals surface area contributed by atoms with E-state index < -0.39 is 0 Å². The Kier molecular flexibility index (Phi) is 5.45. The predicted octanol–water partition coefficient (Wildman–Crippen LogP) is 4.64. The van der Waals surface area contributed by atoms with Gasteiger partial charge in [-0.2, -0.15) is 0 Å². The Morgan fingerprint density at radius 2 is 2.00 bits per heavy atom. The quantitative estimate of drug-likeness (QED) is 0.863. The maximum atomic E-state index is 13.8. The molecule has 112 valence electrons. The SMILES string of the molecule is CNC(Cc1cccc(Cl)c1Cl)c1ccc(OC)c(F)c1. The molecule has 1 N–H and O–H groups in total. The lowest BCUT2D eigenvalue weighted by Gasteiger charge is -2.18. The van der Waals surface area contributed by atoms with Gasteiger partial charge in [0, 0.05) is 6.04 Å². The standard InChI is InChI=1S/C16H16Cl2FNO/c1-20-14(9-11-4-3-5-12(17)16(11)18)10-6-7-15(21-2)13(19)8-10/h3-8,14,20H,9H2,1-2H3. The number of halogens is 3. The Labute approximate surface area is 133 Å². The smallest absolute Gasteiger partial charge is 0.165 e. The van der Waals surface area contributed by atoms with Crippen molar-refractivity contribution in [1.29, 1.82) is 0 Å². The molecule has 0 amide bonds. The summed E-state index contributed by atoms with van der Waals surface area (Å²) in [6.45, 7) is 0. The molecule has 2 nitrogen and oxygen atoms in total. The van der Waals surface area contributed by atoms with Crippen LogP contribution in [-0.2, 0) is 6.42 Å². The summed E-state index contributed by atoms with van der Waals surface area (Å²) >= 11 is 12.2. The van der Waals surface area contributed by atoms with E-state index in [0.717, 1.165) is 11.1 Å². The lowest BCUT2D eigenvalue weighted by atomic mass is 9.98. The summed E-state index contributed by atoms with van der Waals surface area (Å²) in [7, 11) is 3.27. The Morgan fingerprint density at radius 1 is 1.24 bits per heavy atom. The molecule has 1 unspecified atom stereocenters. The molecule has 21 heavy (non-hydrogen) atoms. The zero-order chi connectivity index (χ0) is 15.4. The third-order valence-electron chi connectivity index (χ3n) is 3.38. The molecule has 0 aliphatic carbocycles. The topological polar surface area (TPSA) is 21.3 Å². The number of ether oxygens (including phenoxy) is 1. The second-order valence-electron chi connectivity index (χ2n) is 4.65. The van der Waals surface area contributed by atoms with Gasteiger partial charge in [0.1, 0.15) is 0 Å². The number of benzene rings is 2. The molecule has 0 radical (unpaired) electrons. The second kappa shape index (κ2) is 7.12. The summed E-state index contributed by atoms with van der Waals surface area (Å²) in [6, 6.07) is 10.4. The first-order valence-corrected chi connectivity index (χ1v) is 7.26. The molecule has 5 heteroatoms. The Hall–Kier alpha value is -1.29. The molecule has 0 aliphatic heterocycles. The summed E-state index contributed by atoms with van der Waals surface area (Å²) in [6.07, 6.45) is 0.613. The fraction of sp³-hybridized carbons (Fsp3) is 0.250. The molecule has 2 rings (SSSR count). The maximum Gasteiger partial charge on any atom is 0.165 e. The molecule has 1 atom stereocenters. The lowest BCUT2D eigenvalue weighted by molar-refractivity contribution is 0.385. The Balaban J connectivity index is 2.28. The normalized spacial score (nSPS) is 12.2. The minimum Gasteiger partial charge on any atom is -0.494 e. The molecular formula is C16H16Cl2FNO. The molecule has 0 aromatic heterocycles. The fourth-order valence-corrected chi connectivity index (χ4v) is 2.61. The number of likely N-dealkylation sites (N-methyl/N-ethyl adjacent to an activating group) is 1. The van der Waals surface area contributed by atoms with Crippen molar-refractivity contribution in [3.8, 4) is 5.75 Å². The highest BCUT2D eigenvalue weighted by molar-refractivity contribution is 6.42. The van der Waals surface area contributed by atoms with E-state index in [9.17, 15) is 4.39 Å². The van der Waals surface area contributed by atoms with E-state index in [1.54, 1.807) is 12.1 Å². The van der Waals surface area contributed by atoms with Gasteiger partial charge in [0.2, 0.25) is 0 Å². The molecular weight excluding hydrogens is 312 g/mol. The highest BCUT2D eigenvalue weighted by Gasteiger charge is 2.15. The molecule has 0 spiro atoms. The van der Waals surface area contributed by atoms with Gasteiger partial charge in [-0.25, -0.2) is 4.39 Å². The monoisotopic (exact) mass is 327 g/mol. The molecule has 0 bridgehead atoms. The van der Waals surface area contributed by atoms with Gasteiger partial charge in [0.25, 0.3) is 0 Å². The molecule has 2 aromatic rings. The number of hydrogen-bond acceptors (Lipinski definition) is 2. The van der Waals surface area contributed by atoms with Gasteiger partial charge in [-0.15, -0.1) is 0 Å².